The summed E-state index contributed by atoms with van der Waals surface area (Å²) >= 11 is 1.47. The lowest BCUT2D eigenvalue weighted by Gasteiger charge is -2.11. The molecule has 0 spiro atoms. The maximum atomic E-state index is 13.3. The minimum absolute atomic E-state index is 0.0386. The Bertz CT molecular complexity index is 916. The van der Waals surface area contributed by atoms with Crippen LogP contribution in [-0.2, 0) is 12.3 Å². The standard InChI is InChI=1S/C18H20FN3OS/c1-3-4-8-22-17(23)16-15(9-12(2)20-16)21-18(22)24-11-13-6-5-7-14(19)10-13/h5-7,9-10,20H,3-4,8,11H2,1-2H3. The Morgan fingerprint density at radius 3 is 2.92 bits per heavy atom. The highest BCUT2D eigenvalue weighted by molar-refractivity contribution is 7.98. The minimum atomic E-state index is -0.249. The van der Waals surface area contributed by atoms with Crippen molar-refractivity contribution in [3.8, 4) is 0 Å². The Labute approximate surface area is 144 Å². The Morgan fingerprint density at radius 1 is 1.33 bits per heavy atom. The van der Waals surface area contributed by atoms with Crippen molar-refractivity contribution in [2.45, 2.75) is 44.1 Å². The van der Waals surface area contributed by atoms with Gasteiger partial charge in [-0.05, 0) is 37.1 Å². The number of hydrogen-bond donors (Lipinski definition) is 1. The number of fused-ring (bicyclic) bond motifs is 1. The van der Waals surface area contributed by atoms with Crippen molar-refractivity contribution in [1.29, 1.82) is 0 Å². The van der Waals surface area contributed by atoms with Crippen molar-refractivity contribution < 1.29 is 4.39 Å². The third-order valence-corrected chi connectivity index (χ3v) is 4.88. The Kier molecular flexibility index (Phi) is 5.04. The molecular formula is C18H20FN3OS. The normalized spacial score (nSPS) is 11.3. The summed E-state index contributed by atoms with van der Waals surface area (Å²) in [6.45, 7) is 4.65. The van der Waals surface area contributed by atoms with Gasteiger partial charge < -0.3 is 4.98 Å². The largest absolute Gasteiger partial charge is 0.353 e. The average Bonchev–Trinajstić information content (AvgIpc) is 2.93. The zero-order valence-electron chi connectivity index (χ0n) is 13.8. The summed E-state index contributed by atoms with van der Waals surface area (Å²) in [5, 5.41) is 0.684. The van der Waals surface area contributed by atoms with Gasteiger partial charge in [-0.15, -0.1) is 0 Å². The van der Waals surface area contributed by atoms with Crippen molar-refractivity contribution in [3.05, 3.63) is 57.8 Å². The summed E-state index contributed by atoms with van der Waals surface area (Å²) < 4.78 is 15.1. The first-order valence-electron chi connectivity index (χ1n) is 8.06. The molecule has 0 bridgehead atoms. The lowest BCUT2D eigenvalue weighted by Crippen LogP contribution is -2.23. The molecule has 0 saturated carbocycles. The number of unbranched alkanes of at least 4 members (excludes halogenated alkanes) is 1. The zero-order valence-corrected chi connectivity index (χ0v) is 14.6. The van der Waals surface area contributed by atoms with Crippen LogP contribution in [0.2, 0.25) is 0 Å². The van der Waals surface area contributed by atoms with Crippen LogP contribution in [-0.4, -0.2) is 14.5 Å². The topological polar surface area (TPSA) is 50.7 Å². The molecule has 24 heavy (non-hydrogen) atoms. The molecule has 0 saturated heterocycles. The predicted octanol–water partition coefficient (Wildman–Crippen LogP) is 4.26. The molecule has 126 valence electrons. The highest BCUT2D eigenvalue weighted by Gasteiger charge is 2.13. The average molecular weight is 345 g/mol. The fourth-order valence-electron chi connectivity index (χ4n) is 2.61. The SMILES string of the molecule is CCCCn1c(SCc2cccc(F)c2)nc2cc(C)[nH]c2c1=O. The Morgan fingerprint density at radius 2 is 2.17 bits per heavy atom. The van der Waals surface area contributed by atoms with Gasteiger partial charge in [-0.1, -0.05) is 37.2 Å². The van der Waals surface area contributed by atoms with Crippen LogP contribution in [0.25, 0.3) is 11.0 Å². The van der Waals surface area contributed by atoms with Crippen LogP contribution in [0, 0.1) is 12.7 Å². The summed E-state index contributed by atoms with van der Waals surface area (Å²) in [7, 11) is 0. The smallest absolute Gasteiger partial charge is 0.278 e. The molecule has 1 N–H and O–H groups in total. The lowest BCUT2D eigenvalue weighted by molar-refractivity contribution is 0.557. The number of benzene rings is 1. The van der Waals surface area contributed by atoms with E-state index in [9.17, 15) is 9.18 Å². The van der Waals surface area contributed by atoms with E-state index in [1.165, 1.54) is 23.9 Å². The quantitative estimate of drug-likeness (QED) is 0.536. The highest BCUT2D eigenvalue weighted by Crippen LogP contribution is 2.23. The number of nitrogens with zero attached hydrogens (tertiary/aromatic N) is 2. The van der Waals surface area contributed by atoms with Gasteiger partial charge in [-0.3, -0.25) is 9.36 Å². The molecule has 2 heterocycles. The second kappa shape index (κ2) is 7.21. The molecule has 0 amide bonds. The molecule has 4 nitrogen and oxygen atoms in total. The molecule has 3 rings (SSSR count). The summed E-state index contributed by atoms with van der Waals surface area (Å²) in [6.07, 6.45) is 1.92. The number of nitrogens with one attached hydrogen (secondary N) is 1. The number of rotatable bonds is 6. The zero-order chi connectivity index (χ0) is 17.1. The molecule has 0 atom stereocenters. The fraction of sp³-hybridized carbons (Fsp3) is 0.333. The first-order valence-corrected chi connectivity index (χ1v) is 9.04. The van der Waals surface area contributed by atoms with Gasteiger partial charge in [0, 0.05) is 18.0 Å². The molecule has 3 aromatic rings. The van der Waals surface area contributed by atoms with E-state index in [1.807, 2.05) is 19.1 Å². The molecule has 0 fully saturated rings. The van der Waals surface area contributed by atoms with Crippen LogP contribution in [0.15, 0.2) is 40.3 Å². The van der Waals surface area contributed by atoms with E-state index in [2.05, 4.69) is 16.9 Å². The van der Waals surface area contributed by atoms with E-state index in [1.54, 1.807) is 10.6 Å². The van der Waals surface area contributed by atoms with Crippen LogP contribution >= 0.6 is 11.8 Å². The van der Waals surface area contributed by atoms with E-state index in [-0.39, 0.29) is 11.4 Å². The maximum absolute atomic E-state index is 13.3. The van der Waals surface area contributed by atoms with Crippen molar-refractivity contribution in [2.24, 2.45) is 0 Å². The highest BCUT2D eigenvalue weighted by atomic mass is 32.2. The van der Waals surface area contributed by atoms with Crippen molar-refractivity contribution in [3.63, 3.8) is 0 Å². The number of halogens is 1. The first-order chi connectivity index (χ1) is 11.6. The fourth-order valence-corrected chi connectivity index (χ4v) is 3.58. The van der Waals surface area contributed by atoms with Crippen LogP contribution in [0.1, 0.15) is 31.0 Å². The summed E-state index contributed by atoms with van der Waals surface area (Å²) in [5.74, 6) is 0.326. The van der Waals surface area contributed by atoms with Crippen LogP contribution < -0.4 is 5.56 Å². The lowest BCUT2D eigenvalue weighted by atomic mass is 10.2. The number of aromatic nitrogens is 3. The molecule has 0 aliphatic rings. The third-order valence-electron chi connectivity index (χ3n) is 3.83. The number of H-pyrrole nitrogens is 1. The van der Waals surface area contributed by atoms with Gasteiger partial charge in [0.25, 0.3) is 5.56 Å². The first kappa shape index (κ1) is 16.8. The van der Waals surface area contributed by atoms with Gasteiger partial charge in [-0.25, -0.2) is 9.37 Å². The predicted molar refractivity (Wildman–Crippen MR) is 96.0 cm³/mol. The van der Waals surface area contributed by atoms with Crippen LogP contribution in [0.4, 0.5) is 4.39 Å². The monoisotopic (exact) mass is 345 g/mol. The number of hydrogen-bond acceptors (Lipinski definition) is 3. The van der Waals surface area contributed by atoms with Gasteiger partial charge >= 0.3 is 0 Å². The van der Waals surface area contributed by atoms with Crippen LogP contribution in [0.5, 0.6) is 0 Å². The molecule has 0 aliphatic heterocycles. The number of aromatic amines is 1. The molecule has 1 aromatic carbocycles. The van der Waals surface area contributed by atoms with Crippen LogP contribution in [0.3, 0.4) is 0 Å². The van der Waals surface area contributed by atoms with Crippen molar-refractivity contribution >= 4 is 22.8 Å². The van der Waals surface area contributed by atoms with Gasteiger partial charge in [0.05, 0.1) is 5.52 Å². The summed E-state index contributed by atoms with van der Waals surface area (Å²) in [6, 6.07) is 8.40. The maximum Gasteiger partial charge on any atom is 0.278 e. The number of thioether (sulfide) groups is 1. The molecule has 0 unspecified atom stereocenters. The molecule has 2 aromatic heterocycles. The van der Waals surface area contributed by atoms with E-state index in [0.717, 1.165) is 24.1 Å². The van der Waals surface area contributed by atoms with Crippen molar-refractivity contribution in [1.82, 2.24) is 14.5 Å². The van der Waals surface area contributed by atoms with Gasteiger partial charge in [0.15, 0.2) is 5.16 Å². The second-order valence-corrected chi connectivity index (χ2v) is 6.78. The van der Waals surface area contributed by atoms with E-state index in [4.69, 9.17) is 0 Å². The van der Waals surface area contributed by atoms with E-state index >= 15 is 0 Å². The van der Waals surface area contributed by atoms with E-state index < -0.39 is 0 Å². The van der Waals surface area contributed by atoms with Crippen molar-refractivity contribution in [2.75, 3.05) is 0 Å². The Hall–Kier alpha value is -2.08. The summed E-state index contributed by atoms with van der Waals surface area (Å²) in [5.41, 5.74) is 3.00. The van der Waals surface area contributed by atoms with Gasteiger partial charge in [0.1, 0.15) is 11.3 Å². The molecule has 0 aliphatic carbocycles. The van der Waals surface area contributed by atoms with Gasteiger partial charge in [-0.2, -0.15) is 0 Å². The summed E-state index contributed by atoms with van der Waals surface area (Å²) in [4.78, 5) is 20.5. The number of aryl methyl sites for hydroxylation is 1. The molecule has 6 heteroatoms. The Balaban J connectivity index is 1.96. The van der Waals surface area contributed by atoms with E-state index in [0.29, 0.717) is 28.5 Å². The molecule has 0 radical (unpaired) electrons. The second-order valence-electron chi connectivity index (χ2n) is 5.84. The van der Waals surface area contributed by atoms with Gasteiger partial charge in [0.2, 0.25) is 0 Å². The molecular weight excluding hydrogens is 325 g/mol. The third kappa shape index (κ3) is 3.53. The minimum Gasteiger partial charge on any atom is -0.353 e.